The van der Waals surface area contributed by atoms with Crippen LogP contribution in [0.5, 0.6) is 0 Å². The second kappa shape index (κ2) is 9.50. The average molecular weight is 498 g/mol. The maximum atomic E-state index is 13.2. The molecule has 190 valence electrons. The van der Waals surface area contributed by atoms with E-state index in [2.05, 4.69) is 28.8 Å². The number of anilines is 1. The lowest BCUT2D eigenvalue weighted by Gasteiger charge is -2.24. The molecule has 1 aromatic heterocycles. The van der Waals surface area contributed by atoms with Gasteiger partial charge < -0.3 is 10.6 Å². The summed E-state index contributed by atoms with van der Waals surface area (Å²) in [5.41, 5.74) is 4.43. The molecule has 8 heteroatoms. The van der Waals surface area contributed by atoms with E-state index in [1.54, 1.807) is 4.68 Å². The second-order valence-electron chi connectivity index (χ2n) is 10.4. The first-order chi connectivity index (χ1) is 18.0. The van der Waals surface area contributed by atoms with E-state index in [1.807, 2.05) is 36.4 Å². The van der Waals surface area contributed by atoms with Crippen LogP contribution in [0.1, 0.15) is 56.1 Å². The predicted molar refractivity (Wildman–Crippen MR) is 140 cm³/mol. The number of aromatic nitrogens is 2. The fourth-order valence-electron chi connectivity index (χ4n) is 5.93. The number of benzene rings is 2. The minimum atomic E-state index is -0.861. The van der Waals surface area contributed by atoms with Crippen molar-refractivity contribution in [2.24, 2.45) is 0 Å². The molecule has 2 fully saturated rings. The number of rotatable bonds is 5. The number of carbonyl (C=O) groups is 3. The zero-order chi connectivity index (χ0) is 25.4. The largest absolute Gasteiger partial charge is 0.325 e. The Labute approximate surface area is 216 Å². The monoisotopic (exact) mass is 497 g/mol. The van der Waals surface area contributed by atoms with Crippen molar-refractivity contribution in [2.75, 3.05) is 11.9 Å². The number of amides is 4. The van der Waals surface area contributed by atoms with Gasteiger partial charge in [-0.05, 0) is 61.4 Å². The van der Waals surface area contributed by atoms with Crippen LogP contribution in [-0.4, -0.2) is 44.6 Å². The highest BCUT2D eigenvalue weighted by atomic mass is 16.2. The van der Waals surface area contributed by atoms with Crippen molar-refractivity contribution in [1.82, 2.24) is 20.0 Å². The van der Waals surface area contributed by atoms with Gasteiger partial charge in [0.05, 0.1) is 11.4 Å². The summed E-state index contributed by atoms with van der Waals surface area (Å²) in [6.45, 7) is -0.333. The highest BCUT2D eigenvalue weighted by Gasteiger charge is 2.51. The van der Waals surface area contributed by atoms with Gasteiger partial charge in [0.2, 0.25) is 5.91 Å². The number of carbonyl (C=O) groups excluding carboxylic acids is 3. The highest BCUT2D eigenvalue weighted by Crippen LogP contribution is 2.33. The fraction of sp³-hybridized carbons (Fsp3) is 0.379. The summed E-state index contributed by atoms with van der Waals surface area (Å²) in [6, 6.07) is 17.4. The van der Waals surface area contributed by atoms with E-state index in [9.17, 15) is 14.4 Å². The third-order valence-electron chi connectivity index (χ3n) is 7.88. The summed E-state index contributed by atoms with van der Waals surface area (Å²) >= 11 is 0. The fourth-order valence-corrected chi connectivity index (χ4v) is 5.93. The van der Waals surface area contributed by atoms with Crippen molar-refractivity contribution >= 4 is 23.7 Å². The molecule has 2 N–H and O–H groups in total. The molecule has 2 aromatic carbocycles. The predicted octanol–water partition coefficient (Wildman–Crippen LogP) is 4.61. The number of fused-ring (bicyclic) bond motifs is 1. The number of hydrogen-bond donors (Lipinski definition) is 2. The van der Waals surface area contributed by atoms with Crippen LogP contribution in [0, 0.1) is 0 Å². The number of hydrogen-bond acceptors (Lipinski definition) is 4. The summed E-state index contributed by atoms with van der Waals surface area (Å²) in [7, 11) is 0. The molecule has 1 saturated heterocycles. The van der Waals surface area contributed by atoms with E-state index >= 15 is 0 Å². The van der Waals surface area contributed by atoms with Gasteiger partial charge in [-0.2, -0.15) is 5.10 Å². The molecule has 6 rings (SSSR count). The van der Waals surface area contributed by atoms with Crippen LogP contribution in [-0.2, 0) is 22.4 Å². The van der Waals surface area contributed by atoms with Crippen LogP contribution in [0.4, 0.5) is 10.6 Å². The molecule has 1 spiro atoms. The molecule has 1 aliphatic heterocycles. The Morgan fingerprint density at radius 1 is 0.919 bits per heavy atom. The van der Waals surface area contributed by atoms with Gasteiger partial charge in [0.15, 0.2) is 0 Å². The van der Waals surface area contributed by atoms with Crippen LogP contribution in [0.15, 0.2) is 54.6 Å². The van der Waals surface area contributed by atoms with Gasteiger partial charge in [0, 0.05) is 11.6 Å². The van der Waals surface area contributed by atoms with E-state index in [-0.39, 0.29) is 12.5 Å². The van der Waals surface area contributed by atoms with Crippen molar-refractivity contribution in [2.45, 2.75) is 63.3 Å². The summed E-state index contributed by atoms with van der Waals surface area (Å²) in [4.78, 5) is 40.2. The van der Waals surface area contributed by atoms with Gasteiger partial charge in [-0.1, -0.05) is 56.0 Å². The molecule has 0 unspecified atom stereocenters. The number of aryl methyl sites for hydroxylation is 2. The van der Waals surface area contributed by atoms with E-state index in [0.717, 1.165) is 60.4 Å². The number of imide groups is 1. The first kappa shape index (κ1) is 23.5. The molecule has 3 aliphatic rings. The van der Waals surface area contributed by atoms with Crippen molar-refractivity contribution in [1.29, 1.82) is 0 Å². The molecule has 2 aliphatic carbocycles. The van der Waals surface area contributed by atoms with Gasteiger partial charge in [-0.25, -0.2) is 9.48 Å². The normalized spacial score (nSPS) is 18.5. The third-order valence-corrected chi connectivity index (χ3v) is 7.88. The second-order valence-corrected chi connectivity index (χ2v) is 10.4. The molecule has 1 saturated carbocycles. The minimum absolute atomic E-state index is 0.287. The maximum Gasteiger partial charge on any atom is 0.325 e. The summed E-state index contributed by atoms with van der Waals surface area (Å²) in [5, 5.41) is 10.6. The van der Waals surface area contributed by atoms with E-state index < -0.39 is 17.5 Å². The van der Waals surface area contributed by atoms with E-state index in [0.29, 0.717) is 18.7 Å². The summed E-state index contributed by atoms with van der Waals surface area (Å²) in [5.74, 6) is -0.236. The van der Waals surface area contributed by atoms with Crippen molar-refractivity contribution in [3.8, 4) is 16.9 Å². The Balaban J connectivity index is 1.25. The Bertz CT molecular complexity index is 1360. The van der Waals surface area contributed by atoms with Gasteiger partial charge in [0.25, 0.3) is 5.91 Å². The smallest absolute Gasteiger partial charge is 0.323 e. The minimum Gasteiger partial charge on any atom is -0.323 e. The Morgan fingerprint density at radius 2 is 1.68 bits per heavy atom. The molecule has 4 amide bonds. The number of urea groups is 1. The maximum absolute atomic E-state index is 13.2. The molecular weight excluding hydrogens is 466 g/mol. The number of nitrogens with one attached hydrogen (secondary N) is 2. The van der Waals surface area contributed by atoms with Gasteiger partial charge in [-0.3, -0.25) is 14.5 Å². The van der Waals surface area contributed by atoms with Crippen molar-refractivity contribution in [3.05, 3.63) is 65.7 Å². The quantitative estimate of drug-likeness (QED) is 0.503. The van der Waals surface area contributed by atoms with Crippen molar-refractivity contribution in [3.63, 3.8) is 0 Å². The molecular formula is C29H31N5O3. The molecule has 37 heavy (non-hydrogen) atoms. The molecule has 0 atom stereocenters. The summed E-state index contributed by atoms with van der Waals surface area (Å²) < 4.78 is 1.69. The molecule has 8 nitrogen and oxygen atoms in total. The van der Waals surface area contributed by atoms with Crippen LogP contribution in [0.2, 0.25) is 0 Å². The van der Waals surface area contributed by atoms with Gasteiger partial charge in [0.1, 0.15) is 17.9 Å². The number of para-hydroxylation sites is 1. The number of nitrogens with zero attached hydrogens (tertiary/aromatic N) is 3. The van der Waals surface area contributed by atoms with E-state index in [4.69, 9.17) is 5.10 Å². The first-order valence-electron chi connectivity index (χ1n) is 13.2. The van der Waals surface area contributed by atoms with Crippen LogP contribution < -0.4 is 10.6 Å². The lowest BCUT2D eigenvalue weighted by atomic mass is 9.90. The van der Waals surface area contributed by atoms with Crippen molar-refractivity contribution < 1.29 is 14.4 Å². The molecule has 2 heterocycles. The standard InChI is InChI=1S/C29H31N5O3/c35-26(19-33-27(36)29(31-28(33)37)15-6-1-2-7-16-29)30-25-18-24(32-34(25)23-11-4-3-5-12-23)22-14-13-20-9-8-10-21(20)17-22/h3-5,11-14,17-18H,1-2,6-10,15-16,19H2,(H,30,35)(H,31,37). The molecule has 3 aromatic rings. The molecule has 0 radical (unpaired) electrons. The third kappa shape index (κ3) is 4.41. The van der Waals surface area contributed by atoms with Gasteiger partial charge >= 0.3 is 6.03 Å². The highest BCUT2D eigenvalue weighted by molar-refractivity contribution is 6.10. The molecule has 0 bridgehead atoms. The zero-order valence-corrected chi connectivity index (χ0v) is 20.8. The first-order valence-corrected chi connectivity index (χ1v) is 13.2. The van der Waals surface area contributed by atoms with Crippen LogP contribution >= 0.6 is 0 Å². The Kier molecular flexibility index (Phi) is 6.02. The summed E-state index contributed by atoms with van der Waals surface area (Å²) in [6.07, 6.45) is 8.51. The average Bonchev–Trinajstić information content (AvgIpc) is 3.54. The Hall–Kier alpha value is -3.94. The van der Waals surface area contributed by atoms with Crippen LogP contribution in [0.25, 0.3) is 16.9 Å². The lowest BCUT2D eigenvalue weighted by molar-refractivity contribution is -0.134. The van der Waals surface area contributed by atoms with E-state index in [1.165, 1.54) is 17.5 Å². The van der Waals surface area contributed by atoms with Gasteiger partial charge in [-0.15, -0.1) is 0 Å². The lowest BCUT2D eigenvalue weighted by Crippen LogP contribution is -2.47. The van der Waals surface area contributed by atoms with Crippen LogP contribution in [0.3, 0.4) is 0 Å². The topological polar surface area (TPSA) is 96.3 Å². The zero-order valence-electron chi connectivity index (χ0n) is 20.8. The Morgan fingerprint density at radius 3 is 2.46 bits per heavy atom. The SMILES string of the molecule is O=C(CN1C(=O)NC2(CCCCCC2)C1=O)Nc1cc(-c2ccc3c(c2)CCC3)nn1-c1ccccc1.